The largest absolute Gasteiger partial charge is 0.395 e. The number of rotatable bonds is 4. The van der Waals surface area contributed by atoms with Crippen LogP contribution in [0.15, 0.2) is 54.6 Å². The average Bonchev–Trinajstić information content (AvgIpc) is 3.05. The second-order valence-corrected chi connectivity index (χ2v) is 5.94. The summed E-state index contributed by atoms with van der Waals surface area (Å²) in [6, 6.07) is 15.5. The summed E-state index contributed by atoms with van der Waals surface area (Å²) in [6.07, 6.45) is 0. The first-order chi connectivity index (χ1) is 12.7. The topological polar surface area (TPSA) is 78.0 Å². The lowest BCUT2D eigenvalue weighted by Crippen LogP contribution is -2.27. The first-order valence-electron chi connectivity index (χ1n) is 8.24. The van der Waals surface area contributed by atoms with Gasteiger partial charge in [-0.2, -0.15) is 0 Å². The molecule has 0 aliphatic heterocycles. The third-order valence-electron chi connectivity index (χ3n) is 4.24. The van der Waals surface area contributed by atoms with Crippen LogP contribution in [0.2, 0.25) is 0 Å². The lowest BCUT2D eigenvalue weighted by Gasteiger charge is -2.08. The molecule has 2 aromatic heterocycles. The van der Waals surface area contributed by atoms with Crippen LogP contribution in [0.4, 0.5) is 4.39 Å². The number of halogens is 1. The summed E-state index contributed by atoms with van der Waals surface area (Å²) in [4.78, 5) is 20.2. The number of aliphatic hydroxyl groups excluding tert-OH is 1. The quantitative estimate of drug-likeness (QED) is 0.529. The van der Waals surface area contributed by atoms with Gasteiger partial charge in [-0.3, -0.25) is 4.79 Å². The number of aliphatic hydroxyl groups is 1. The predicted octanol–water partition coefficient (Wildman–Crippen LogP) is 3.24. The van der Waals surface area contributed by atoms with E-state index < -0.39 is 0 Å². The molecule has 0 fully saturated rings. The summed E-state index contributed by atoms with van der Waals surface area (Å²) in [5.74, 6) is -0.701. The molecule has 0 spiro atoms. The fourth-order valence-corrected chi connectivity index (χ4v) is 3.04. The van der Waals surface area contributed by atoms with Gasteiger partial charge in [-0.1, -0.05) is 18.2 Å². The molecule has 0 atom stereocenters. The molecule has 2 heterocycles. The van der Waals surface area contributed by atoms with Gasteiger partial charge in [0.1, 0.15) is 11.5 Å². The summed E-state index contributed by atoms with van der Waals surface area (Å²) in [7, 11) is 0. The van der Waals surface area contributed by atoms with Gasteiger partial charge in [-0.15, -0.1) is 0 Å². The molecule has 4 rings (SSSR count). The fourth-order valence-electron chi connectivity index (χ4n) is 3.04. The van der Waals surface area contributed by atoms with Crippen molar-refractivity contribution in [3.63, 3.8) is 0 Å². The van der Waals surface area contributed by atoms with E-state index in [0.717, 1.165) is 21.8 Å². The van der Waals surface area contributed by atoms with Crippen molar-refractivity contribution in [3.05, 3.63) is 66.1 Å². The second-order valence-electron chi connectivity index (χ2n) is 5.94. The number of amides is 1. The van der Waals surface area contributed by atoms with E-state index in [9.17, 15) is 9.18 Å². The van der Waals surface area contributed by atoms with Crippen molar-refractivity contribution in [2.24, 2.45) is 0 Å². The Balaban J connectivity index is 1.98. The standard InChI is InChI=1S/C20H16FN3O2/c21-13-7-5-12(6-8-13)18-19-15(14-3-1-2-4-16(14)23-19)11-17(24-18)20(26)22-9-10-25/h1-8,11,23,25H,9-10H2,(H,22,26). The Morgan fingerprint density at radius 3 is 2.65 bits per heavy atom. The molecule has 6 heteroatoms. The summed E-state index contributed by atoms with van der Waals surface area (Å²) in [5, 5.41) is 13.4. The molecule has 0 radical (unpaired) electrons. The Labute approximate surface area is 148 Å². The number of fused-ring (bicyclic) bond motifs is 3. The minimum atomic E-state index is -0.366. The third kappa shape index (κ3) is 2.80. The monoisotopic (exact) mass is 349 g/mol. The Hall–Kier alpha value is -3.25. The highest BCUT2D eigenvalue weighted by molar-refractivity contribution is 6.13. The highest BCUT2D eigenvalue weighted by Gasteiger charge is 2.16. The molecule has 2 aromatic carbocycles. The van der Waals surface area contributed by atoms with Crippen LogP contribution in [0, 0.1) is 5.82 Å². The number of nitrogens with one attached hydrogen (secondary N) is 2. The molecule has 0 saturated carbocycles. The summed E-state index contributed by atoms with van der Waals surface area (Å²) in [5.41, 5.74) is 3.25. The lowest BCUT2D eigenvalue weighted by atomic mass is 10.1. The average molecular weight is 349 g/mol. The molecular weight excluding hydrogens is 333 g/mol. The Morgan fingerprint density at radius 2 is 1.88 bits per heavy atom. The Bertz CT molecular complexity index is 1100. The number of H-pyrrole nitrogens is 1. The predicted molar refractivity (Wildman–Crippen MR) is 98.4 cm³/mol. The lowest BCUT2D eigenvalue weighted by molar-refractivity contribution is 0.0940. The maximum atomic E-state index is 13.3. The van der Waals surface area contributed by atoms with E-state index in [0.29, 0.717) is 11.3 Å². The van der Waals surface area contributed by atoms with Crippen molar-refractivity contribution in [1.82, 2.24) is 15.3 Å². The van der Waals surface area contributed by atoms with Gasteiger partial charge in [-0.25, -0.2) is 9.37 Å². The van der Waals surface area contributed by atoms with Crippen LogP contribution in [-0.4, -0.2) is 34.1 Å². The molecular formula is C20H16FN3O2. The van der Waals surface area contributed by atoms with Crippen molar-refractivity contribution >= 4 is 27.7 Å². The molecule has 0 bridgehead atoms. The van der Waals surface area contributed by atoms with E-state index in [1.807, 2.05) is 24.3 Å². The van der Waals surface area contributed by atoms with Gasteiger partial charge >= 0.3 is 0 Å². The summed E-state index contributed by atoms with van der Waals surface area (Å²) >= 11 is 0. The van der Waals surface area contributed by atoms with E-state index in [4.69, 9.17) is 5.11 Å². The first kappa shape index (κ1) is 16.2. The van der Waals surface area contributed by atoms with E-state index in [2.05, 4.69) is 15.3 Å². The molecule has 5 nitrogen and oxygen atoms in total. The van der Waals surface area contributed by atoms with Crippen molar-refractivity contribution in [2.45, 2.75) is 0 Å². The number of pyridine rings is 1. The number of aromatic nitrogens is 2. The molecule has 0 aliphatic carbocycles. The number of nitrogens with zero attached hydrogens (tertiary/aromatic N) is 1. The van der Waals surface area contributed by atoms with Crippen molar-refractivity contribution in [2.75, 3.05) is 13.2 Å². The molecule has 4 aromatic rings. The smallest absolute Gasteiger partial charge is 0.270 e. The van der Waals surface area contributed by atoms with E-state index in [-0.39, 0.29) is 30.6 Å². The number of hydrogen-bond donors (Lipinski definition) is 3. The first-order valence-corrected chi connectivity index (χ1v) is 8.24. The van der Waals surface area contributed by atoms with Crippen molar-refractivity contribution < 1.29 is 14.3 Å². The molecule has 26 heavy (non-hydrogen) atoms. The number of carbonyl (C=O) groups excluding carboxylic acids is 1. The van der Waals surface area contributed by atoms with Crippen LogP contribution in [0.25, 0.3) is 33.1 Å². The van der Waals surface area contributed by atoms with Crippen LogP contribution >= 0.6 is 0 Å². The van der Waals surface area contributed by atoms with Crippen molar-refractivity contribution in [1.29, 1.82) is 0 Å². The van der Waals surface area contributed by atoms with Gasteiger partial charge in [-0.05, 0) is 36.4 Å². The Morgan fingerprint density at radius 1 is 1.12 bits per heavy atom. The third-order valence-corrected chi connectivity index (χ3v) is 4.24. The van der Waals surface area contributed by atoms with Gasteiger partial charge in [0.2, 0.25) is 0 Å². The normalized spacial score (nSPS) is 11.2. The van der Waals surface area contributed by atoms with Gasteiger partial charge in [0.15, 0.2) is 0 Å². The highest BCUT2D eigenvalue weighted by Crippen LogP contribution is 2.32. The van der Waals surface area contributed by atoms with Gasteiger partial charge in [0.05, 0.1) is 17.8 Å². The summed E-state index contributed by atoms with van der Waals surface area (Å²) in [6.45, 7) is 0.00417. The van der Waals surface area contributed by atoms with E-state index in [1.54, 1.807) is 18.2 Å². The van der Waals surface area contributed by atoms with Crippen molar-refractivity contribution in [3.8, 4) is 11.3 Å². The zero-order valence-corrected chi connectivity index (χ0v) is 13.8. The number of aromatic amines is 1. The molecule has 0 saturated heterocycles. The fraction of sp³-hybridized carbons (Fsp3) is 0.100. The number of hydrogen-bond acceptors (Lipinski definition) is 3. The van der Waals surface area contributed by atoms with Crippen LogP contribution in [-0.2, 0) is 0 Å². The molecule has 3 N–H and O–H groups in total. The van der Waals surface area contributed by atoms with Crippen LogP contribution in [0.3, 0.4) is 0 Å². The van der Waals surface area contributed by atoms with E-state index in [1.165, 1.54) is 12.1 Å². The number of para-hydroxylation sites is 1. The van der Waals surface area contributed by atoms with Crippen LogP contribution in [0.1, 0.15) is 10.5 Å². The summed E-state index contributed by atoms with van der Waals surface area (Å²) < 4.78 is 13.3. The Kier molecular flexibility index (Phi) is 4.10. The second kappa shape index (κ2) is 6.57. The highest BCUT2D eigenvalue weighted by atomic mass is 19.1. The van der Waals surface area contributed by atoms with Gasteiger partial charge < -0.3 is 15.4 Å². The number of benzene rings is 2. The number of carbonyl (C=O) groups is 1. The van der Waals surface area contributed by atoms with Gasteiger partial charge in [0.25, 0.3) is 5.91 Å². The maximum absolute atomic E-state index is 13.3. The van der Waals surface area contributed by atoms with Crippen LogP contribution in [0.5, 0.6) is 0 Å². The molecule has 1 amide bonds. The van der Waals surface area contributed by atoms with E-state index >= 15 is 0 Å². The zero-order valence-electron chi connectivity index (χ0n) is 13.8. The minimum absolute atomic E-state index is 0.147. The van der Waals surface area contributed by atoms with Crippen LogP contribution < -0.4 is 5.32 Å². The zero-order chi connectivity index (χ0) is 18.1. The molecule has 130 valence electrons. The maximum Gasteiger partial charge on any atom is 0.270 e. The van der Waals surface area contributed by atoms with Gasteiger partial charge in [0, 0.05) is 28.4 Å². The molecule has 0 unspecified atom stereocenters. The SMILES string of the molecule is O=C(NCCO)c1cc2c([nH]c3ccccc32)c(-c2ccc(F)cc2)n1. The molecule has 0 aliphatic rings. The minimum Gasteiger partial charge on any atom is -0.395 e.